The van der Waals surface area contributed by atoms with Gasteiger partial charge in [-0.2, -0.15) is 0 Å². The third-order valence-electron chi connectivity index (χ3n) is 2.97. The molecule has 1 unspecified atom stereocenters. The maximum Gasteiger partial charge on any atom is 0.191 e. The molecule has 0 saturated heterocycles. The molecule has 0 saturated carbocycles. The Morgan fingerprint density at radius 3 is 2.76 bits per heavy atom. The number of aliphatic imine (C=N–C) groups is 1. The first-order valence-electron chi connectivity index (χ1n) is 7.57. The van der Waals surface area contributed by atoms with Crippen molar-refractivity contribution in [3.05, 3.63) is 48.6 Å². The highest BCUT2D eigenvalue weighted by atomic mass is 16.5. The van der Waals surface area contributed by atoms with E-state index in [2.05, 4.69) is 48.2 Å². The Bertz CT molecular complexity index is 417. The van der Waals surface area contributed by atoms with Crippen LogP contribution in [-0.2, 0) is 4.74 Å². The van der Waals surface area contributed by atoms with Crippen molar-refractivity contribution in [3.8, 4) is 0 Å². The SMILES string of the molecule is C=CCNC(=NCCCOC(C)c1ccccc1)NCC. The van der Waals surface area contributed by atoms with Crippen LogP contribution in [0.25, 0.3) is 0 Å². The van der Waals surface area contributed by atoms with E-state index in [-0.39, 0.29) is 6.10 Å². The van der Waals surface area contributed by atoms with Gasteiger partial charge in [-0.05, 0) is 25.8 Å². The summed E-state index contributed by atoms with van der Waals surface area (Å²) >= 11 is 0. The van der Waals surface area contributed by atoms with Crippen LogP contribution < -0.4 is 10.6 Å². The van der Waals surface area contributed by atoms with Crippen molar-refractivity contribution in [2.75, 3.05) is 26.2 Å². The monoisotopic (exact) mass is 289 g/mol. The molecule has 21 heavy (non-hydrogen) atoms. The normalized spacial score (nSPS) is 12.8. The largest absolute Gasteiger partial charge is 0.374 e. The van der Waals surface area contributed by atoms with Crippen molar-refractivity contribution in [2.45, 2.75) is 26.4 Å². The zero-order valence-electron chi connectivity index (χ0n) is 13.1. The van der Waals surface area contributed by atoms with Crippen LogP contribution in [0.3, 0.4) is 0 Å². The van der Waals surface area contributed by atoms with Gasteiger partial charge in [0.2, 0.25) is 0 Å². The first-order chi connectivity index (χ1) is 10.3. The molecule has 1 rings (SSSR count). The molecule has 1 atom stereocenters. The van der Waals surface area contributed by atoms with E-state index in [1.165, 1.54) is 5.56 Å². The van der Waals surface area contributed by atoms with Crippen LogP contribution >= 0.6 is 0 Å². The number of rotatable bonds is 9. The Kier molecular flexibility index (Phi) is 8.96. The molecule has 2 N–H and O–H groups in total. The van der Waals surface area contributed by atoms with Crippen molar-refractivity contribution in [3.63, 3.8) is 0 Å². The van der Waals surface area contributed by atoms with Crippen LogP contribution in [-0.4, -0.2) is 32.2 Å². The van der Waals surface area contributed by atoms with Gasteiger partial charge < -0.3 is 15.4 Å². The minimum Gasteiger partial charge on any atom is -0.374 e. The zero-order valence-corrected chi connectivity index (χ0v) is 13.1. The number of benzene rings is 1. The van der Waals surface area contributed by atoms with Crippen LogP contribution in [0, 0.1) is 0 Å². The number of nitrogens with one attached hydrogen (secondary N) is 2. The molecule has 1 aromatic rings. The van der Waals surface area contributed by atoms with Crippen LogP contribution in [0.4, 0.5) is 0 Å². The van der Waals surface area contributed by atoms with E-state index in [1.807, 2.05) is 24.3 Å². The molecule has 0 aliphatic heterocycles. The summed E-state index contributed by atoms with van der Waals surface area (Å²) in [5, 5.41) is 6.37. The molecular formula is C17H27N3O. The quantitative estimate of drug-likeness (QED) is 0.318. The lowest BCUT2D eigenvalue weighted by atomic mass is 10.1. The van der Waals surface area contributed by atoms with Crippen LogP contribution in [0.2, 0.25) is 0 Å². The predicted octanol–water partition coefficient (Wildman–Crippen LogP) is 2.90. The molecule has 1 aromatic carbocycles. The van der Waals surface area contributed by atoms with Gasteiger partial charge >= 0.3 is 0 Å². The van der Waals surface area contributed by atoms with Crippen molar-refractivity contribution in [1.82, 2.24) is 10.6 Å². The van der Waals surface area contributed by atoms with Gasteiger partial charge in [0.05, 0.1) is 6.10 Å². The molecule has 0 spiro atoms. The van der Waals surface area contributed by atoms with Gasteiger partial charge in [-0.15, -0.1) is 6.58 Å². The molecule has 0 fully saturated rings. The Hall–Kier alpha value is -1.81. The highest BCUT2D eigenvalue weighted by Crippen LogP contribution is 2.15. The van der Waals surface area contributed by atoms with Gasteiger partial charge in [0.25, 0.3) is 0 Å². The minimum absolute atomic E-state index is 0.127. The molecule has 0 aromatic heterocycles. The highest BCUT2D eigenvalue weighted by Gasteiger charge is 2.03. The van der Waals surface area contributed by atoms with Gasteiger partial charge in [-0.3, -0.25) is 4.99 Å². The van der Waals surface area contributed by atoms with Crippen LogP contribution in [0.15, 0.2) is 48.0 Å². The van der Waals surface area contributed by atoms with Gasteiger partial charge in [-0.1, -0.05) is 36.4 Å². The molecule has 0 bridgehead atoms. The Morgan fingerprint density at radius 1 is 1.33 bits per heavy atom. The van der Waals surface area contributed by atoms with Crippen LogP contribution in [0.5, 0.6) is 0 Å². The summed E-state index contributed by atoms with van der Waals surface area (Å²) in [6.07, 6.45) is 2.85. The fourth-order valence-corrected chi connectivity index (χ4v) is 1.85. The predicted molar refractivity (Wildman–Crippen MR) is 89.6 cm³/mol. The molecule has 4 nitrogen and oxygen atoms in total. The van der Waals surface area contributed by atoms with Gasteiger partial charge in [-0.25, -0.2) is 0 Å². The summed E-state index contributed by atoms with van der Waals surface area (Å²) in [4.78, 5) is 4.49. The lowest BCUT2D eigenvalue weighted by molar-refractivity contribution is 0.0652. The van der Waals surface area contributed by atoms with E-state index >= 15 is 0 Å². The zero-order chi connectivity index (χ0) is 15.3. The van der Waals surface area contributed by atoms with Gasteiger partial charge in [0, 0.05) is 26.2 Å². The summed E-state index contributed by atoms with van der Waals surface area (Å²) in [7, 11) is 0. The fraction of sp³-hybridized carbons (Fsp3) is 0.471. The average molecular weight is 289 g/mol. The summed E-state index contributed by atoms with van der Waals surface area (Å²) in [6.45, 7) is 10.8. The number of hydrogen-bond donors (Lipinski definition) is 2. The molecular weight excluding hydrogens is 262 g/mol. The van der Waals surface area contributed by atoms with Crippen molar-refractivity contribution < 1.29 is 4.74 Å². The number of nitrogens with zero attached hydrogens (tertiary/aromatic N) is 1. The third kappa shape index (κ3) is 7.51. The number of ether oxygens (including phenoxy) is 1. The second-order valence-electron chi connectivity index (χ2n) is 4.71. The summed E-state index contributed by atoms with van der Waals surface area (Å²) in [5.41, 5.74) is 1.21. The first-order valence-corrected chi connectivity index (χ1v) is 7.57. The smallest absolute Gasteiger partial charge is 0.191 e. The molecule has 4 heteroatoms. The standard InChI is InChI=1S/C17H27N3O/c1-4-12-19-17(18-5-2)20-13-9-14-21-15(3)16-10-7-6-8-11-16/h4,6-8,10-11,15H,1,5,9,12-14H2,2-3H3,(H2,18,19,20). The first kappa shape index (κ1) is 17.2. The topological polar surface area (TPSA) is 45.7 Å². The van der Waals surface area contributed by atoms with Crippen LogP contribution in [0.1, 0.15) is 31.9 Å². The van der Waals surface area contributed by atoms with E-state index in [1.54, 1.807) is 0 Å². The summed E-state index contributed by atoms with van der Waals surface area (Å²) < 4.78 is 5.82. The molecule has 116 valence electrons. The molecule has 0 aliphatic rings. The number of guanidine groups is 1. The van der Waals surface area contributed by atoms with Gasteiger partial charge in [0.1, 0.15) is 0 Å². The molecule has 0 heterocycles. The lowest BCUT2D eigenvalue weighted by Crippen LogP contribution is -2.37. The van der Waals surface area contributed by atoms with E-state index < -0.39 is 0 Å². The van der Waals surface area contributed by atoms with E-state index in [0.717, 1.165) is 25.5 Å². The lowest BCUT2D eigenvalue weighted by Gasteiger charge is -2.13. The van der Waals surface area contributed by atoms with Crippen molar-refractivity contribution in [2.24, 2.45) is 4.99 Å². The fourth-order valence-electron chi connectivity index (χ4n) is 1.85. The Morgan fingerprint density at radius 2 is 2.10 bits per heavy atom. The van der Waals surface area contributed by atoms with E-state index in [0.29, 0.717) is 13.2 Å². The highest BCUT2D eigenvalue weighted by molar-refractivity contribution is 5.79. The number of hydrogen-bond acceptors (Lipinski definition) is 2. The minimum atomic E-state index is 0.127. The molecule has 0 radical (unpaired) electrons. The summed E-state index contributed by atoms with van der Waals surface area (Å²) in [6, 6.07) is 10.3. The summed E-state index contributed by atoms with van der Waals surface area (Å²) in [5.74, 6) is 0.827. The second-order valence-corrected chi connectivity index (χ2v) is 4.71. The van der Waals surface area contributed by atoms with Gasteiger partial charge in [0.15, 0.2) is 5.96 Å². The molecule has 0 aliphatic carbocycles. The maximum absolute atomic E-state index is 5.82. The Labute approximate surface area is 128 Å². The second kappa shape index (κ2) is 10.9. The Balaban J connectivity index is 2.24. The molecule has 0 amide bonds. The van der Waals surface area contributed by atoms with E-state index in [9.17, 15) is 0 Å². The van der Waals surface area contributed by atoms with E-state index in [4.69, 9.17) is 4.74 Å². The third-order valence-corrected chi connectivity index (χ3v) is 2.97. The maximum atomic E-state index is 5.82. The van der Waals surface area contributed by atoms with Crippen molar-refractivity contribution in [1.29, 1.82) is 0 Å². The average Bonchev–Trinajstić information content (AvgIpc) is 2.52. The van der Waals surface area contributed by atoms with Crippen molar-refractivity contribution >= 4 is 5.96 Å².